The maximum atomic E-state index is 7.13. The lowest BCUT2D eigenvalue weighted by Crippen LogP contribution is -2.13. The third kappa shape index (κ3) is 5.33. The Labute approximate surface area is 67.7 Å². The van der Waals surface area contributed by atoms with Crippen LogP contribution in [0.3, 0.4) is 0 Å². The summed E-state index contributed by atoms with van der Waals surface area (Å²) in [7, 11) is 1.68. The second kappa shape index (κ2) is 5.65. The summed E-state index contributed by atoms with van der Waals surface area (Å²) in [6.45, 7) is 4.04. The third-order valence-corrected chi connectivity index (χ3v) is 1.16. The molecule has 0 atom stereocenters. The van der Waals surface area contributed by atoms with Crippen LogP contribution in [-0.2, 0) is 0 Å². The molecule has 0 saturated carbocycles. The number of nitrogens with zero attached hydrogens (tertiary/aromatic N) is 1. The second-order valence-corrected chi connectivity index (χ2v) is 2.21. The summed E-state index contributed by atoms with van der Waals surface area (Å²) in [5, 5.41) is 9.75. The quantitative estimate of drug-likeness (QED) is 0.459. The van der Waals surface area contributed by atoms with Gasteiger partial charge in [0.1, 0.15) is 0 Å². The fourth-order valence-electron chi connectivity index (χ4n) is 0.606. The van der Waals surface area contributed by atoms with E-state index in [4.69, 9.17) is 5.41 Å². The molecule has 0 fully saturated rings. The van der Waals surface area contributed by atoms with Gasteiger partial charge in [-0.05, 0) is 18.9 Å². The van der Waals surface area contributed by atoms with Crippen molar-refractivity contribution in [3.05, 3.63) is 11.6 Å². The molecule has 0 radical (unpaired) electrons. The van der Waals surface area contributed by atoms with Crippen LogP contribution >= 0.6 is 0 Å². The largest absolute Gasteiger partial charge is 0.358 e. The van der Waals surface area contributed by atoms with Gasteiger partial charge in [0.15, 0.2) is 0 Å². The molecular formula is C8H15N3. The average molecular weight is 153 g/mol. The average Bonchev–Trinajstić information content (AvgIpc) is 2.01. The van der Waals surface area contributed by atoms with Crippen LogP contribution in [0.5, 0.6) is 0 Å². The summed E-state index contributed by atoms with van der Waals surface area (Å²) < 4.78 is 0. The summed E-state index contributed by atoms with van der Waals surface area (Å²) in [6, 6.07) is 0. The fourth-order valence-corrected chi connectivity index (χ4v) is 0.606. The van der Waals surface area contributed by atoms with Gasteiger partial charge in [0.2, 0.25) is 5.96 Å². The highest BCUT2D eigenvalue weighted by atomic mass is 15.1. The van der Waals surface area contributed by atoms with Gasteiger partial charge < -0.3 is 5.32 Å². The molecule has 0 heterocycles. The van der Waals surface area contributed by atoms with Crippen LogP contribution in [0.1, 0.15) is 20.3 Å². The van der Waals surface area contributed by atoms with Gasteiger partial charge in [0.25, 0.3) is 0 Å². The molecule has 0 aromatic heterocycles. The van der Waals surface area contributed by atoms with Gasteiger partial charge in [-0.3, -0.25) is 5.41 Å². The summed E-state index contributed by atoms with van der Waals surface area (Å²) in [5.41, 5.74) is 1.09. The van der Waals surface area contributed by atoms with Gasteiger partial charge in [0, 0.05) is 13.3 Å². The van der Waals surface area contributed by atoms with Crippen LogP contribution in [-0.4, -0.2) is 19.2 Å². The predicted octanol–water partition coefficient (Wildman–Crippen LogP) is 1.57. The van der Waals surface area contributed by atoms with Crippen LogP contribution in [0.2, 0.25) is 0 Å². The van der Waals surface area contributed by atoms with Crippen LogP contribution in [0, 0.1) is 5.41 Å². The van der Waals surface area contributed by atoms with E-state index < -0.39 is 0 Å². The molecule has 0 rings (SSSR count). The Balaban J connectivity index is 3.92. The number of guanidine groups is 1. The van der Waals surface area contributed by atoms with Gasteiger partial charge >= 0.3 is 0 Å². The van der Waals surface area contributed by atoms with E-state index in [1.807, 2.05) is 6.92 Å². The van der Waals surface area contributed by atoms with Crippen molar-refractivity contribution in [3.8, 4) is 0 Å². The fraction of sp³-hybridized carbons (Fsp3) is 0.500. The van der Waals surface area contributed by atoms with E-state index in [1.165, 1.54) is 0 Å². The molecule has 0 aliphatic rings. The normalized spacial score (nSPS) is 12.1. The van der Waals surface area contributed by atoms with Crippen molar-refractivity contribution >= 4 is 12.2 Å². The summed E-state index contributed by atoms with van der Waals surface area (Å²) in [6.07, 6.45) is 4.75. The standard InChI is InChI=1S/C8H15N3/c1-4-5-7(2)6-11-8(9)10-3/h5-6H,4H2,1-3H3,(H2,9,10)/b7-5+,11-6-. The van der Waals surface area contributed by atoms with Crippen LogP contribution in [0.4, 0.5) is 0 Å². The molecule has 2 N–H and O–H groups in total. The zero-order chi connectivity index (χ0) is 8.69. The summed E-state index contributed by atoms with van der Waals surface area (Å²) in [4.78, 5) is 3.84. The Kier molecular flexibility index (Phi) is 5.07. The predicted molar refractivity (Wildman–Crippen MR) is 49.3 cm³/mol. The minimum atomic E-state index is 0.189. The van der Waals surface area contributed by atoms with E-state index in [0.717, 1.165) is 12.0 Å². The summed E-state index contributed by atoms with van der Waals surface area (Å²) in [5.74, 6) is 0.189. The third-order valence-electron chi connectivity index (χ3n) is 1.16. The Morgan fingerprint density at radius 2 is 2.27 bits per heavy atom. The highest BCUT2D eigenvalue weighted by molar-refractivity contribution is 5.91. The number of aliphatic imine (C=N–C) groups is 1. The number of hydrogen-bond donors (Lipinski definition) is 2. The molecule has 3 nitrogen and oxygen atoms in total. The number of rotatable bonds is 2. The van der Waals surface area contributed by atoms with Crippen LogP contribution in [0.15, 0.2) is 16.6 Å². The van der Waals surface area contributed by atoms with Gasteiger partial charge in [0.05, 0.1) is 0 Å². The van der Waals surface area contributed by atoms with E-state index in [-0.39, 0.29) is 5.96 Å². The lowest BCUT2D eigenvalue weighted by atomic mass is 10.3. The topological polar surface area (TPSA) is 48.2 Å². The van der Waals surface area contributed by atoms with Crippen molar-refractivity contribution in [2.24, 2.45) is 4.99 Å². The highest BCUT2D eigenvalue weighted by Crippen LogP contribution is 1.90. The molecule has 0 bridgehead atoms. The van der Waals surface area contributed by atoms with E-state index in [9.17, 15) is 0 Å². The molecule has 0 amide bonds. The molecule has 3 heteroatoms. The molecular weight excluding hydrogens is 138 g/mol. The lowest BCUT2D eigenvalue weighted by Gasteiger charge is -1.93. The monoisotopic (exact) mass is 153 g/mol. The smallest absolute Gasteiger partial charge is 0.214 e. The first kappa shape index (κ1) is 9.88. The second-order valence-electron chi connectivity index (χ2n) is 2.21. The molecule has 0 aliphatic heterocycles. The van der Waals surface area contributed by atoms with E-state index in [1.54, 1.807) is 13.3 Å². The zero-order valence-electron chi connectivity index (χ0n) is 7.31. The van der Waals surface area contributed by atoms with Crippen molar-refractivity contribution in [3.63, 3.8) is 0 Å². The van der Waals surface area contributed by atoms with Gasteiger partial charge in [-0.1, -0.05) is 13.0 Å². The lowest BCUT2D eigenvalue weighted by molar-refractivity contribution is 1.12. The number of allylic oxidation sites excluding steroid dienone is 2. The van der Waals surface area contributed by atoms with Crippen molar-refractivity contribution in [1.29, 1.82) is 5.41 Å². The molecule has 0 spiro atoms. The van der Waals surface area contributed by atoms with Crippen LogP contribution in [0.25, 0.3) is 0 Å². The van der Waals surface area contributed by atoms with E-state index in [0.29, 0.717) is 0 Å². The van der Waals surface area contributed by atoms with Crippen molar-refractivity contribution in [2.45, 2.75) is 20.3 Å². The Morgan fingerprint density at radius 1 is 1.64 bits per heavy atom. The van der Waals surface area contributed by atoms with E-state index >= 15 is 0 Å². The first-order chi connectivity index (χ1) is 5.20. The Morgan fingerprint density at radius 3 is 2.73 bits per heavy atom. The molecule has 0 unspecified atom stereocenters. The van der Waals surface area contributed by atoms with Gasteiger partial charge in [-0.15, -0.1) is 0 Å². The molecule has 0 saturated heterocycles. The van der Waals surface area contributed by atoms with Crippen molar-refractivity contribution < 1.29 is 0 Å². The van der Waals surface area contributed by atoms with E-state index in [2.05, 4.69) is 23.3 Å². The molecule has 62 valence electrons. The van der Waals surface area contributed by atoms with Crippen molar-refractivity contribution in [1.82, 2.24) is 5.32 Å². The SMILES string of the molecule is CC/C=C(C)/C=N\C(=N)NC. The molecule has 0 aromatic carbocycles. The Bertz CT molecular complexity index is 180. The maximum Gasteiger partial charge on any atom is 0.214 e. The number of nitrogens with one attached hydrogen (secondary N) is 2. The highest BCUT2D eigenvalue weighted by Gasteiger charge is 1.83. The first-order valence-corrected chi connectivity index (χ1v) is 3.67. The Hall–Kier alpha value is -1.12. The van der Waals surface area contributed by atoms with Gasteiger partial charge in [-0.25, -0.2) is 4.99 Å². The minimum absolute atomic E-state index is 0.189. The first-order valence-electron chi connectivity index (χ1n) is 3.67. The zero-order valence-corrected chi connectivity index (χ0v) is 7.31. The van der Waals surface area contributed by atoms with Crippen LogP contribution < -0.4 is 5.32 Å². The summed E-state index contributed by atoms with van der Waals surface area (Å²) >= 11 is 0. The molecule has 11 heavy (non-hydrogen) atoms. The maximum absolute atomic E-state index is 7.13. The van der Waals surface area contributed by atoms with Gasteiger partial charge in [-0.2, -0.15) is 0 Å². The molecule has 0 aliphatic carbocycles. The van der Waals surface area contributed by atoms with Crippen molar-refractivity contribution in [2.75, 3.05) is 7.05 Å². The minimum Gasteiger partial charge on any atom is -0.358 e. The number of hydrogen-bond acceptors (Lipinski definition) is 1. The molecule has 0 aromatic rings.